The highest BCUT2D eigenvalue weighted by molar-refractivity contribution is 5.83. The molecule has 0 bridgehead atoms. The predicted molar refractivity (Wildman–Crippen MR) is 73.5 cm³/mol. The first-order chi connectivity index (χ1) is 8.73. The molecule has 5 heteroatoms. The van der Waals surface area contributed by atoms with Crippen LogP contribution in [0, 0.1) is 16.7 Å². The van der Waals surface area contributed by atoms with Crippen LogP contribution in [0.25, 0.3) is 0 Å². The van der Waals surface area contributed by atoms with Crippen molar-refractivity contribution in [1.82, 2.24) is 5.32 Å². The minimum absolute atomic E-state index is 0.172. The smallest absolute Gasteiger partial charge is 0.311 e. The van der Waals surface area contributed by atoms with Crippen molar-refractivity contribution in [2.75, 3.05) is 13.1 Å². The Balaban J connectivity index is 2.66. The molecule has 1 amide bonds. The van der Waals surface area contributed by atoms with Gasteiger partial charge >= 0.3 is 5.97 Å². The lowest BCUT2D eigenvalue weighted by molar-refractivity contribution is -0.151. The second kappa shape index (κ2) is 5.90. The van der Waals surface area contributed by atoms with Crippen LogP contribution in [0.1, 0.15) is 46.5 Å². The van der Waals surface area contributed by atoms with E-state index in [9.17, 15) is 14.7 Å². The normalized spacial score (nSPS) is 27.9. The molecule has 0 saturated heterocycles. The molecular formula is C14H26N2O3. The van der Waals surface area contributed by atoms with Gasteiger partial charge in [-0.05, 0) is 45.4 Å². The number of hydrogen-bond donors (Lipinski definition) is 3. The molecule has 0 spiro atoms. The van der Waals surface area contributed by atoms with Crippen molar-refractivity contribution in [3.63, 3.8) is 0 Å². The first-order valence-electron chi connectivity index (χ1n) is 6.95. The minimum atomic E-state index is -0.801. The molecule has 0 atom stereocenters. The van der Waals surface area contributed by atoms with Crippen LogP contribution in [0.2, 0.25) is 0 Å². The highest BCUT2D eigenvalue weighted by atomic mass is 16.4. The van der Waals surface area contributed by atoms with Crippen LogP contribution < -0.4 is 11.1 Å². The van der Waals surface area contributed by atoms with Crippen LogP contribution >= 0.6 is 0 Å². The summed E-state index contributed by atoms with van der Waals surface area (Å²) >= 11 is 0. The Bertz CT molecular complexity index is 345. The van der Waals surface area contributed by atoms with Crippen molar-refractivity contribution in [3.05, 3.63) is 0 Å². The molecule has 0 aliphatic heterocycles. The lowest BCUT2D eigenvalue weighted by atomic mass is 9.70. The molecule has 0 aromatic heterocycles. The van der Waals surface area contributed by atoms with Gasteiger partial charge in [0.05, 0.1) is 10.8 Å². The third kappa shape index (κ3) is 3.69. The van der Waals surface area contributed by atoms with E-state index in [1.165, 1.54) is 0 Å². The molecule has 1 aliphatic carbocycles. The number of nitrogens with one attached hydrogen (secondary N) is 1. The minimum Gasteiger partial charge on any atom is -0.481 e. The van der Waals surface area contributed by atoms with Crippen LogP contribution in [0.15, 0.2) is 0 Å². The summed E-state index contributed by atoms with van der Waals surface area (Å²) in [5.74, 6) is -0.400. The van der Waals surface area contributed by atoms with Gasteiger partial charge in [0.15, 0.2) is 0 Å². The van der Waals surface area contributed by atoms with Gasteiger partial charge in [0.2, 0.25) is 5.91 Å². The number of rotatable bonds is 5. The highest BCUT2D eigenvalue weighted by Gasteiger charge is 2.42. The Morgan fingerprint density at radius 1 is 1.37 bits per heavy atom. The van der Waals surface area contributed by atoms with Crippen molar-refractivity contribution in [3.8, 4) is 0 Å². The standard InChI is InChI=1S/C14H26N2O3/c1-10-4-6-14(7-5-10,12(18)19)9-16-11(17)13(2,3)8-15/h10H,4-9,15H2,1-3H3,(H,16,17)(H,18,19). The first-order valence-corrected chi connectivity index (χ1v) is 6.95. The number of amides is 1. The largest absolute Gasteiger partial charge is 0.481 e. The molecule has 5 nitrogen and oxygen atoms in total. The fourth-order valence-corrected chi connectivity index (χ4v) is 2.36. The number of carbonyl (C=O) groups is 2. The summed E-state index contributed by atoms with van der Waals surface area (Å²) in [5.41, 5.74) is 4.10. The second-order valence-electron chi connectivity index (χ2n) is 6.54. The summed E-state index contributed by atoms with van der Waals surface area (Å²) in [5, 5.41) is 12.3. The van der Waals surface area contributed by atoms with Gasteiger partial charge < -0.3 is 16.2 Å². The number of carbonyl (C=O) groups excluding carboxylic acids is 1. The molecule has 1 rings (SSSR count). The third-order valence-electron chi connectivity index (χ3n) is 4.40. The summed E-state index contributed by atoms with van der Waals surface area (Å²) in [6.45, 7) is 6.12. The summed E-state index contributed by atoms with van der Waals surface area (Å²) in [6.07, 6.45) is 3.07. The fraction of sp³-hybridized carbons (Fsp3) is 0.857. The summed E-state index contributed by atoms with van der Waals surface area (Å²) < 4.78 is 0. The maximum Gasteiger partial charge on any atom is 0.311 e. The number of carboxylic acid groups (broad SMARTS) is 1. The summed E-state index contributed by atoms with van der Waals surface area (Å²) in [4.78, 5) is 23.5. The van der Waals surface area contributed by atoms with Crippen LogP contribution in [0.5, 0.6) is 0 Å². The average Bonchev–Trinajstić information content (AvgIpc) is 2.37. The fourth-order valence-electron chi connectivity index (χ4n) is 2.36. The number of hydrogen-bond acceptors (Lipinski definition) is 3. The Labute approximate surface area is 114 Å². The van der Waals surface area contributed by atoms with Crippen molar-refractivity contribution in [1.29, 1.82) is 0 Å². The summed E-state index contributed by atoms with van der Waals surface area (Å²) in [7, 11) is 0. The van der Waals surface area contributed by atoms with E-state index in [-0.39, 0.29) is 19.0 Å². The van der Waals surface area contributed by atoms with Gasteiger partial charge in [0.25, 0.3) is 0 Å². The van der Waals surface area contributed by atoms with Crippen molar-refractivity contribution in [2.24, 2.45) is 22.5 Å². The molecule has 0 radical (unpaired) electrons. The third-order valence-corrected chi connectivity index (χ3v) is 4.40. The molecule has 0 unspecified atom stereocenters. The SMILES string of the molecule is CC1CCC(CNC(=O)C(C)(C)CN)(C(=O)O)CC1. The zero-order chi connectivity index (χ0) is 14.7. The molecule has 0 aromatic rings. The quantitative estimate of drug-likeness (QED) is 0.703. The Morgan fingerprint density at radius 3 is 2.32 bits per heavy atom. The van der Waals surface area contributed by atoms with Crippen LogP contribution in [0.3, 0.4) is 0 Å². The van der Waals surface area contributed by atoms with Crippen molar-refractivity contribution in [2.45, 2.75) is 46.5 Å². The van der Waals surface area contributed by atoms with E-state index in [1.54, 1.807) is 13.8 Å². The maximum absolute atomic E-state index is 12.0. The first kappa shape index (κ1) is 16.0. The number of aliphatic carboxylic acids is 1. The Hall–Kier alpha value is -1.10. The molecule has 19 heavy (non-hydrogen) atoms. The second-order valence-corrected chi connectivity index (χ2v) is 6.54. The molecule has 110 valence electrons. The van der Waals surface area contributed by atoms with Gasteiger partial charge in [0, 0.05) is 13.1 Å². The van der Waals surface area contributed by atoms with Gasteiger partial charge in [0.1, 0.15) is 0 Å². The zero-order valence-electron chi connectivity index (χ0n) is 12.2. The topological polar surface area (TPSA) is 92.4 Å². The Morgan fingerprint density at radius 2 is 1.89 bits per heavy atom. The van der Waals surface area contributed by atoms with E-state index < -0.39 is 16.8 Å². The van der Waals surface area contributed by atoms with Gasteiger partial charge in [-0.2, -0.15) is 0 Å². The van der Waals surface area contributed by atoms with Crippen molar-refractivity contribution < 1.29 is 14.7 Å². The van der Waals surface area contributed by atoms with Gasteiger partial charge in [-0.15, -0.1) is 0 Å². The highest BCUT2D eigenvalue weighted by Crippen LogP contribution is 2.38. The zero-order valence-corrected chi connectivity index (χ0v) is 12.2. The molecule has 1 fully saturated rings. The maximum atomic E-state index is 12.0. The van der Waals surface area contributed by atoms with Crippen molar-refractivity contribution >= 4 is 11.9 Å². The van der Waals surface area contributed by atoms with E-state index in [4.69, 9.17) is 5.73 Å². The van der Waals surface area contributed by atoms with Crippen LogP contribution in [0.4, 0.5) is 0 Å². The van der Waals surface area contributed by atoms with E-state index in [0.717, 1.165) is 12.8 Å². The van der Waals surface area contributed by atoms with Gasteiger partial charge in [-0.1, -0.05) is 6.92 Å². The van der Waals surface area contributed by atoms with E-state index in [2.05, 4.69) is 12.2 Å². The van der Waals surface area contributed by atoms with Gasteiger partial charge in [-0.3, -0.25) is 9.59 Å². The summed E-state index contributed by atoms with van der Waals surface area (Å²) in [6, 6.07) is 0. The number of carboxylic acids is 1. The predicted octanol–water partition coefficient (Wildman–Crippen LogP) is 1.37. The van der Waals surface area contributed by atoms with Crippen LogP contribution in [-0.2, 0) is 9.59 Å². The van der Waals surface area contributed by atoms with Crippen LogP contribution in [-0.4, -0.2) is 30.1 Å². The molecule has 0 heterocycles. The lowest BCUT2D eigenvalue weighted by Gasteiger charge is -2.36. The molecule has 1 aliphatic rings. The molecule has 0 aromatic carbocycles. The molecule has 1 saturated carbocycles. The average molecular weight is 270 g/mol. The van der Waals surface area contributed by atoms with E-state index >= 15 is 0 Å². The van der Waals surface area contributed by atoms with Gasteiger partial charge in [-0.25, -0.2) is 0 Å². The van der Waals surface area contributed by atoms with E-state index in [0.29, 0.717) is 18.8 Å². The molecular weight excluding hydrogens is 244 g/mol. The Kier molecular flexibility index (Phi) is 4.96. The molecule has 4 N–H and O–H groups in total. The monoisotopic (exact) mass is 270 g/mol. The lowest BCUT2D eigenvalue weighted by Crippen LogP contribution is -2.49. The number of nitrogens with two attached hydrogens (primary N) is 1. The van der Waals surface area contributed by atoms with E-state index in [1.807, 2.05) is 0 Å².